The monoisotopic (exact) mass is 407 g/mol. The molecule has 0 aliphatic carbocycles. The van der Waals surface area contributed by atoms with Gasteiger partial charge in [0, 0.05) is 16.6 Å². The fourth-order valence-electron chi connectivity index (χ4n) is 3.32. The first-order valence-corrected chi connectivity index (χ1v) is 10.2. The third-order valence-electron chi connectivity index (χ3n) is 4.92. The maximum atomic E-state index is 12.9. The second kappa shape index (κ2) is 7.67. The molecule has 0 saturated carbocycles. The predicted molar refractivity (Wildman–Crippen MR) is 115 cm³/mol. The number of thiazole rings is 1. The number of carbonyl (C=O) groups excluding carboxylic acids is 2. The van der Waals surface area contributed by atoms with Gasteiger partial charge in [-0.2, -0.15) is 0 Å². The topological polar surface area (TPSA) is 71.5 Å². The molecule has 1 atom stereocenters. The Bertz CT molecular complexity index is 1090. The van der Waals surface area contributed by atoms with Crippen LogP contribution in [0.1, 0.15) is 17.5 Å². The number of carbonyl (C=O) groups is 2. The van der Waals surface area contributed by atoms with E-state index in [1.807, 2.05) is 61.7 Å². The molecule has 0 radical (unpaired) electrons. The van der Waals surface area contributed by atoms with E-state index in [-0.39, 0.29) is 18.4 Å². The first-order chi connectivity index (χ1) is 13.9. The minimum Gasteiger partial charge on any atom is -0.482 e. The SMILES string of the molecule is Cc1nc(-c2ccc3c(c2)N(C(C)C(=O)Nc2ccccc2C)C(=O)CO3)cs1. The van der Waals surface area contributed by atoms with Crippen molar-refractivity contribution in [3.8, 4) is 17.0 Å². The Morgan fingerprint density at radius 2 is 2.03 bits per heavy atom. The van der Waals surface area contributed by atoms with Crippen molar-refractivity contribution in [2.24, 2.45) is 0 Å². The van der Waals surface area contributed by atoms with Gasteiger partial charge >= 0.3 is 0 Å². The highest BCUT2D eigenvalue weighted by Crippen LogP contribution is 2.37. The average Bonchev–Trinajstić information content (AvgIpc) is 3.15. The number of nitrogens with one attached hydrogen (secondary N) is 1. The van der Waals surface area contributed by atoms with Crippen molar-refractivity contribution in [3.63, 3.8) is 0 Å². The summed E-state index contributed by atoms with van der Waals surface area (Å²) in [7, 11) is 0. The van der Waals surface area contributed by atoms with Crippen LogP contribution < -0.4 is 15.0 Å². The Morgan fingerprint density at radius 1 is 1.24 bits per heavy atom. The molecule has 1 aliphatic heterocycles. The molecule has 7 heteroatoms. The molecule has 1 aromatic heterocycles. The average molecular weight is 407 g/mol. The fourth-order valence-corrected chi connectivity index (χ4v) is 3.94. The Labute approximate surface area is 173 Å². The third kappa shape index (κ3) is 3.73. The van der Waals surface area contributed by atoms with Crippen LogP contribution in [0, 0.1) is 13.8 Å². The number of nitrogens with zero attached hydrogens (tertiary/aromatic N) is 2. The first-order valence-electron chi connectivity index (χ1n) is 9.32. The van der Waals surface area contributed by atoms with Crippen LogP contribution in [0.15, 0.2) is 47.8 Å². The number of hydrogen-bond donors (Lipinski definition) is 1. The molecule has 6 nitrogen and oxygen atoms in total. The van der Waals surface area contributed by atoms with E-state index in [1.165, 1.54) is 4.90 Å². The lowest BCUT2D eigenvalue weighted by atomic mass is 10.1. The standard InChI is InChI=1S/C22H21N3O3S/c1-13-6-4-5-7-17(13)24-22(27)14(2)25-19-10-16(18-12-29-15(3)23-18)8-9-20(19)28-11-21(25)26/h4-10,12,14H,11H2,1-3H3,(H,24,27). The summed E-state index contributed by atoms with van der Waals surface area (Å²) in [6.45, 7) is 5.51. The van der Waals surface area contributed by atoms with Crippen molar-refractivity contribution in [3.05, 3.63) is 58.4 Å². The number of aryl methyl sites for hydroxylation is 2. The fraction of sp³-hybridized carbons (Fsp3) is 0.227. The van der Waals surface area contributed by atoms with Crippen LogP contribution in [0.4, 0.5) is 11.4 Å². The van der Waals surface area contributed by atoms with Crippen LogP contribution in [0.3, 0.4) is 0 Å². The highest BCUT2D eigenvalue weighted by Gasteiger charge is 2.33. The Balaban J connectivity index is 1.66. The van der Waals surface area contributed by atoms with Gasteiger partial charge in [0.1, 0.15) is 11.8 Å². The van der Waals surface area contributed by atoms with E-state index in [0.717, 1.165) is 27.5 Å². The molecule has 3 aromatic rings. The van der Waals surface area contributed by atoms with Gasteiger partial charge in [-0.05, 0) is 50.6 Å². The van der Waals surface area contributed by atoms with Crippen LogP contribution in [0.25, 0.3) is 11.3 Å². The van der Waals surface area contributed by atoms with Crippen molar-refractivity contribution in [2.45, 2.75) is 26.8 Å². The van der Waals surface area contributed by atoms with E-state index in [1.54, 1.807) is 18.3 Å². The molecule has 0 saturated heterocycles. The Kier molecular flexibility index (Phi) is 5.07. The number of fused-ring (bicyclic) bond motifs is 1. The normalized spacial score (nSPS) is 14.2. The number of anilines is 2. The molecule has 0 fully saturated rings. The number of amides is 2. The molecule has 1 unspecified atom stereocenters. The number of rotatable bonds is 4. The van der Waals surface area contributed by atoms with Gasteiger partial charge in [0.25, 0.3) is 5.91 Å². The highest BCUT2D eigenvalue weighted by atomic mass is 32.1. The second-order valence-electron chi connectivity index (χ2n) is 6.97. The molecule has 0 bridgehead atoms. The maximum Gasteiger partial charge on any atom is 0.265 e. The van der Waals surface area contributed by atoms with Gasteiger partial charge < -0.3 is 10.1 Å². The van der Waals surface area contributed by atoms with E-state index in [9.17, 15) is 9.59 Å². The maximum absolute atomic E-state index is 12.9. The van der Waals surface area contributed by atoms with Gasteiger partial charge in [-0.15, -0.1) is 11.3 Å². The van der Waals surface area contributed by atoms with Crippen molar-refractivity contribution >= 4 is 34.5 Å². The molecule has 1 aliphatic rings. The Morgan fingerprint density at radius 3 is 2.76 bits per heavy atom. The molecule has 148 valence electrons. The summed E-state index contributed by atoms with van der Waals surface area (Å²) in [6, 6.07) is 12.5. The van der Waals surface area contributed by atoms with Crippen LogP contribution in [-0.4, -0.2) is 29.4 Å². The van der Waals surface area contributed by atoms with E-state index < -0.39 is 6.04 Å². The lowest BCUT2D eigenvalue weighted by molar-refractivity contribution is -0.125. The molecular weight excluding hydrogens is 386 g/mol. The van der Waals surface area contributed by atoms with Crippen molar-refractivity contribution in [1.29, 1.82) is 0 Å². The number of benzene rings is 2. The van der Waals surface area contributed by atoms with E-state index in [0.29, 0.717) is 11.4 Å². The minimum absolute atomic E-state index is 0.0931. The number of aromatic nitrogens is 1. The van der Waals surface area contributed by atoms with Gasteiger partial charge in [0.15, 0.2) is 6.61 Å². The molecule has 2 amide bonds. The minimum atomic E-state index is -0.697. The van der Waals surface area contributed by atoms with E-state index in [2.05, 4.69) is 10.3 Å². The summed E-state index contributed by atoms with van der Waals surface area (Å²) in [5.41, 5.74) is 3.99. The highest BCUT2D eigenvalue weighted by molar-refractivity contribution is 7.09. The van der Waals surface area contributed by atoms with Crippen molar-refractivity contribution in [1.82, 2.24) is 4.98 Å². The molecule has 2 aromatic carbocycles. The molecular formula is C22H21N3O3S. The molecule has 2 heterocycles. The third-order valence-corrected chi connectivity index (χ3v) is 5.70. The van der Waals surface area contributed by atoms with Crippen LogP contribution in [0.2, 0.25) is 0 Å². The van der Waals surface area contributed by atoms with Crippen molar-refractivity contribution < 1.29 is 14.3 Å². The summed E-state index contributed by atoms with van der Waals surface area (Å²) in [6.07, 6.45) is 0. The zero-order valence-corrected chi connectivity index (χ0v) is 17.2. The van der Waals surface area contributed by atoms with Crippen LogP contribution in [-0.2, 0) is 9.59 Å². The lowest BCUT2D eigenvalue weighted by Gasteiger charge is -2.33. The van der Waals surface area contributed by atoms with Gasteiger partial charge in [-0.3, -0.25) is 14.5 Å². The molecule has 4 rings (SSSR count). The zero-order valence-electron chi connectivity index (χ0n) is 16.4. The lowest BCUT2D eigenvalue weighted by Crippen LogP contribution is -2.49. The first kappa shape index (κ1) is 19.1. The van der Waals surface area contributed by atoms with Gasteiger partial charge in [0.2, 0.25) is 5.91 Å². The summed E-state index contributed by atoms with van der Waals surface area (Å²) >= 11 is 1.56. The smallest absolute Gasteiger partial charge is 0.265 e. The van der Waals surface area contributed by atoms with Gasteiger partial charge in [-0.1, -0.05) is 18.2 Å². The van der Waals surface area contributed by atoms with Crippen LogP contribution in [0.5, 0.6) is 5.75 Å². The van der Waals surface area contributed by atoms with Crippen LogP contribution >= 0.6 is 11.3 Å². The van der Waals surface area contributed by atoms with E-state index >= 15 is 0 Å². The number of para-hydroxylation sites is 1. The summed E-state index contributed by atoms with van der Waals surface area (Å²) in [4.78, 5) is 31.6. The summed E-state index contributed by atoms with van der Waals surface area (Å²) < 4.78 is 5.59. The summed E-state index contributed by atoms with van der Waals surface area (Å²) in [5.74, 6) is 0.0720. The predicted octanol–water partition coefficient (Wildman–Crippen LogP) is 4.18. The number of ether oxygens (including phenoxy) is 1. The molecule has 0 spiro atoms. The largest absolute Gasteiger partial charge is 0.482 e. The van der Waals surface area contributed by atoms with E-state index in [4.69, 9.17) is 4.74 Å². The molecule has 29 heavy (non-hydrogen) atoms. The quantitative estimate of drug-likeness (QED) is 0.704. The zero-order chi connectivity index (χ0) is 20.5. The number of hydrogen-bond acceptors (Lipinski definition) is 5. The Hall–Kier alpha value is -3.19. The molecule has 1 N–H and O–H groups in total. The van der Waals surface area contributed by atoms with Gasteiger partial charge in [0.05, 0.1) is 16.4 Å². The van der Waals surface area contributed by atoms with Gasteiger partial charge in [-0.25, -0.2) is 4.98 Å². The summed E-state index contributed by atoms with van der Waals surface area (Å²) in [5, 5.41) is 5.86. The second-order valence-corrected chi connectivity index (χ2v) is 8.03. The van der Waals surface area contributed by atoms with Crippen molar-refractivity contribution in [2.75, 3.05) is 16.8 Å².